The van der Waals surface area contributed by atoms with E-state index in [1.807, 2.05) is 0 Å². The fraction of sp³-hybridized carbons (Fsp3) is 0.941. The summed E-state index contributed by atoms with van der Waals surface area (Å²) < 4.78 is 0. The van der Waals surface area contributed by atoms with Gasteiger partial charge in [0.1, 0.15) is 0 Å². The molecule has 2 aliphatic heterocycles. The molecule has 2 aliphatic rings. The molecule has 1 unspecified atom stereocenters. The fourth-order valence-corrected chi connectivity index (χ4v) is 3.89. The predicted molar refractivity (Wildman–Crippen MR) is 83.7 cm³/mol. The number of hydrogen-bond acceptors (Lipinski definition) is 2. The molecule has 0 bridgehead atoms. The SMILES string of the molecule is CCCC1(C(=O)N2CCC(C)(CC)CC2)CCCNC1. The molecule has 1 atom stereocenters. The lowest BCUT2D eigenvalue weighted by molar-refractivity contribution is -0.146. The van der Waals surface area contributed by atoms with Crippen LogP contribution in [0.25, 0.3) is 0 Å². The number of carbonyl (C=O) groups is 1. The van der Waals surface area contributed by atoms with Crippen molar-refractivity contribution in [2.24, 2.45) is 10.8 Å². The lowest BCUT2D eigenvalue weighted by atomic mass is 9.73. The van der Waals surface area contributed by atoms with Gasteiger partial charge in [0.05, 0.1) is 5.41 Å². The van der Waals surface area contributed by atoms with Crippen LogP contribution in [-0.2, 0) is 4.79 Å². The van der Waals surface area contributed by atoms with Gasteiger partial charge in [0.25, 0.3) is 0 Å². The van der Waals surface area contributed by atoms with Gasteiger partial charge in [-0.05, 0) is 44.1 Å². The normalized spacial score (nSPS) is 30.2. The van der Waals surface area contributed by atoms with Gasteiger partial charge in [-0.15, -0.1) is 0 Å². The quantitative estimate of drug-likeness (QED) is 0.857. The van der Waals surface area contributed by atoms with Crippen LogP contribution in [-0.4, -0.2) is 37.0 Å². The Bertz CT molecular complexity index is 320. The number of amides is 1. The zero-order chi connectivity index (χ0) is 14.6. The van der Waals surface area contributed by atoms with Gasteiger partial charge in [-0.2, -0.15) is 0 Å². The van der Waals surface area contributed by atoms with Gasteiger partial charge in [0, 0.05) is 19.6 Å². The van der Waals surface area contributed by atoms with Crippen LogP contribution >= 0.6 is 0 Å². The lowest BCUT2D eigenvalue weighted by Crippen LogP contribution is -2.54. The third-order valence-corrected chi connectivity index (χ3v) is 5.77. The standard InChI is InChI=1S/C17H32N2O/c1-4-7-17(8-6-11-18-14-17)15(20)19-12-9-16(3,5-2)10-13-19/h18H,4-14H2,1-3H3. The van der Waals surface area contributed by atoms with Gasteiger partial charge in [0.2, 0.25) is 5.91 Å². The average molecular weight is 280 g/mol. The third kappa shape index (κ3) is 3.19. The summed E-state index contributed by atoms with van der Waals surface area (Å²) in [6.07, 6.45) is 7.95. The molecule has 1 N–H and O–H groups in total. The van der Waals surface area contributed by atoms with Crippen LogP contribution in [0.2, 0.25) is 0 Å². The van der Waals surface area contributed by atoms with E-state index >= 15 is 0 Å². The van der Waals surface area contributed by atoms with Crippen LogP contribution in [0.1, 0.15) is 65.7 Å². The van der Waals surface area contributed by atoms with E-state index in [2.05, 4.69) is 31.0 Å². The topological polar surface area (TPSA) is 32.3 Å². The summed E-state index contributed by atoms with van der Waals surface area (Å²) >= 11 is 0. The summed E-state index contributed by atoms with van der Waals surface area (Å²) in [5.41, 5.74) is 0.354. The molecule has 2 saturated heterocycles. The number of hydrogen-bond donors (Lipinski definition) is 1. The largest absolute Gasteiger partial charge is 0.342 e. The summed E-state index contributed by atoms with van der Waals surface area (Å²) in [6, 6.07) is 0. The molecular weight excluding hydrogens is 248 g/mol. The first kappa shape index (κ1) is 15.8. The fourth-order valence-electron chi connectivity index (χ4n) is 3.89. The van der Waals surface area contributed by atoms with Crippen LogP contribution in [0.3, 0.4) is 0 Å². The smallest absolute Gasteiger partial charge is 0.230 e. The number of likely N-dealkylation sites (tertiary alicyclic amines) is 1. The summed E-state index contributed by atoms with van der Waals surface area (Å²) in [4.78, 5) is 15.2. The molecule has 20 heavy (non-hydrogen) atoms. The molecule has 0 aromatic rings. The Labute approximate surface area is 124 Å². The lowest BCUT2D eigenvalue weighted by Gasteiger charge is -2.44. The highest BCUT2D eigenvalue weighted by Crippen LogP contribution is 2.38. The van der Waals surface area contributed by atoms with E-state index < -0.39 is 0 Å². The Morgan fingerprint density at radius 1 is 1.20 bits per heavy atom. The van der Waals surface area contributed by atoms with Crippen molar-refractivity contribution < 1.29 is 4.79 Å². The van der Waals surface area contributed by atoms with E-state index in [-0.39, 0.29) is 5.41 Å². The second-order valence-corrected chi connectivity index (χ2v) is 7.27. The van der Waals surface area contributed by atoms with Gasteiger partial charge in [-0.3, -0.25) is 4.79 Å². The molecule has 0 saturated carbocycles. The van der Waals surface area contributed by atoms with Crippen molar-refractivity contribution in [2.75, 3.05) is 26.2 Å². The van der Waals surface area contributed by atoms with Crippen molar-refractivity contribution in [3.8, 4) is 0 Å². The zero-order valence-electron chi connectivity index (χ0n) is 13.6. The number of carbonyl (C=O) groups excluding carboxylic acids is 1. The molecule has 0 aromatic heterocycles. The van der Waals surface area contributed by atoms with Crippen LogP contribution in [0.15, 0.2) is 0 Å². The molecule has 2 rings (SSSR count). The summed E-state index contributed by atoms with van der Waals surface area (Å²) in [5, 5.41) is 3.46. The van der Waals surface area contributed by atoms with Gasteiger partial charge in [0.15, 0.2) is 0 Å². The van der Waals surface area contributed by atoms with E-state index in [1.54, 1.807) is 0 Å². The molecule has 3 nitrogen and oxygen atoms in total. The Balaban J connectivity index is 2.02. The molecule has 0 aliphatic carbocycles. The van der Waals surface area contributed by atoms with E-state index in [9.17, 15) is 4.79 Å². The molecule has 2 fully saturated rings. The second-order valence-electron chi connectivity index (χ2n) is 7.27. The van der Waals surface area contributed by atoms with Crippen LogP contribution in [0, 0.1) is 10.8 Å². The van der Waals surface area contributed by atoms with E-state index in [4.69, 9.17) is 0 Å². The van der Waals surface area contributed by atoms with Crippen molar-refractivity contribution in [2.45, 2.75) is 65.7 Å². The molecule has 2 heterocycles. The Morgan fingerprint density at radius 3 is 2.40 bits per heavy atom. The molecule has 0 aromatic carbocycles. The molecule has 0 spiro atoms. The highest BCUT2D eigenvalue weighted by molar-refractivity contribution is 5.83. The molecule has 0 radical (unpaired) electrons. The van der Waals surface area contributed by atoms with Crippen LogP contribution < -0.4 is 5.32 Å². The van der Waals surface area contributed by atoms with Gasteiger partial charge < -0.3 is 10.2 Å². The zero-order valence-corrected chi connectivity index (χ0v) is 13.6. The van der Waals surface area contributed by atoms with Crippen molar-refractivity contribution in [1.82, 2.24) is 10.2 Å². The minimum absolute atomic E-state index is 0.104. The summed E-state index contributed by atoms with van der Waals surface area (Å²) in [6.45, 7) is 10.8. The highest BCUT2D eigenvalue weighted by Gasteiger charge is 2.42. The molecular formula is C17H32N2O. The van der Waals surface area contributed by atoms with E-state index in [1.165, 1.54) is 19.3 Å². The van der Waals surface area contributed by atoms with Crippen molar-refractivity contribution >= 4 is 5.91 Å². The monoisotopic (exact) mass is 280 g/mol. The first-order valence-corrected chi connectivity index (χ1v) is 8.55. The second kappa shape index (κ2) is 6.46. The van der Waals surface area contributed by atoms with Crippen molar-refractivity contribution in [3.05, 3.63) is 0 Å². The van der Waals surface area contributed by atoms with E-state index in [0.29, 0.717) is 11.3 Å². The highest BCUT2D eigenvalue weighted by atomic mass is 16.2. The van der Waals surface area contributed by atoms with Gasteiger partial charge in [-0.25, -0.2) is 0 Å². The maximum absolute atomic E-state index is 13.1. The predicted octanol–water partition coefficient (Wildman–Crippen LogP) is 3.20. The van der Waals surface area contributed by atoms with Crippen LogP contribution in [0.5, 0.6) is 0 Å². The first-order chi connectivity index (χ1) is 9.55. The van der Waals surface area contributed by atoms with Crippen molar-refractivity contribution in [3.63, 3.8) is 0 Å². The van der Waals surface area contributed by atoms with Crippen LogP contribution in [0.4, 0.5) is 0 Å². The van der Waals surface area contributed by atoms with E-state index in [0.717, 1.165) is 51.9 Å². The Morgan fingerprint density at radius 2 is 1.90 bits per heavy atom. The third-order valence-electron chi connectivity index (χ3n) is 5.77. The molecule has 116 valence electrons. The maximum atomic E-state index is 13.1. The number of nitrogens with zero attached hydrogens (tertiary/aromatic N) is 1. The minimum Gasteiger partial charge on any atom is -0.342 e. The number of rotatable bonds is 4. The summed E-state index contributed by atoms with van der Waals surface area (Å²) in [5.74, 6) is 0.435. The number of piperidine rings is 2. The molecule has 3 heteroatoms. The minimum atomic E-state index is -0.104. The molecule has 1 amide bonds. The Hall–Kier alpha value is -0.570. The van der Waals surface area contributed by atoms with Crippen molar-refractivity contribution in [1.29, 1.82) is 0 Å². The Kier molecular flexibility index (Phi) is 5.11. The summed E-state index contributed by atoms with van der Waals surface area (Å²) in [7, 11) is 0. The van der Waals surface area contributed by atoms with Gasteiger partial charge >= 0.3 is 0 Å². The average Bonchev–Trinajstić information content (AvgIpc) is 2.49. The van der Waals surface area contributed by atoms with Gasteiger partial charge in [-0.1, -0.05) is 33.6 Å². The maximum Gasteiger partial charge on any atom is 0.230 e. The first-order valence-electron chi connectivity index (χ1n) is 8.55. The number of nitrogens with one attached hydrogen (secondary N) is 1.